The van der Waals surface area contributed by atoms with E-state index in [2.05, 4.69) is 18.8 Å². The molecule has 0 amide bonds. The largest absolute Gasteiger partial charge is 0.469 e. The zero-order valence-corrected chi connectivity index (χ0v) is 20.4. The molecule has 7 heteroatoms. The summed E-state index contributed by atoms with van der Waals surface area (Å²) in [6.45, 7) is 15.7. The Balaban J connectivity index is 2.96. The van der Waals surface area contributed by atoms with Crippen LogP contribution < -0.4 is 0 Å². The lowest BCUT2D eigenvalue weighted by atomic mass is 9.36. The molecule has 1 rings (SSSR count). The van der Waals surface area contributed by atoms with Gasteiger partial charge in [0.1, 0.15) is 20.2 Å². The normalized spacial score (nSPS) is 16.0. The smallest absolute Gasteiger partial charge is 0.311 e. The highest BCUT2D eigenvalue weighted by Gasteiger charge is 2.42. The topological polar surface area (TPSA) is 65.5 Å². The van der Waals surface area contributed by atoms with E-state index in [1.165, 1.54) is 12.7 Å². The minimum absolute atomic E-state index is 0.0566. The van der Waals surface area contributed by atoms with Crippen molar-refractivity contribution in [1.29, 1.82) is 0 Å². The predicted molar refractivity (Wildman–Crippen MR) is 126 cm³/mol. The van der Waals surface area contributed by atoms with E-state index in [9.17, 15) is 9.59 Å². The Labute approximate surface area is 184 Å². The molecule has 0 aromatic carbocycles. The molecule has 0 saturated carbocycles. The van der Waals surface area contributed by atoms with Gasteiger partial charge in [0.2, 0.25) is 0 Å². The minimum atomic E-state index is -0.679. The van der Waals surface area contributed by atoms with Gasteiger partial charge in [0.15, 0.2) is 0 Å². The van der Waals surface area contributed by atoms with Gasteiger partial charge < -0.3 is 9.47 Å². The highest BCUT2D eigenvalue weighted by Crippen LogP contribution is 2.39. The highest BCUT2D eigenvalue weighted by atomic mass is 16.6. The van der Waals surface area contributed by atoms with Crippen molar-refractivity contribution in [1.82, 2.24) is 4.98 Å². The number of carbonyl (C=O) groups is 2. The second-order valence-corrected chi connectivity index (χ2v) is 10.6. The zero-order valence-electron chi connectivity index (χ0n) is 20.4. The molecule has 0 radical (unpaired) electrons. The molecule has 0 bridgehead atoms. The Morgan fingerprint density at radius 3 is 1.97 bits per heavy atom. The Morgan fingerprint density at radius 1 is 0.933 bits per heavy atom. The number of hydrogen-bond acceptors (Lipinski definition) is 5. The number of methoxy groups -OCH3 is 1. The molecule has 0 aliphatic heterocycles. The number of aromatic nitrogens is 1. The molecule has 0 aliphatic rings. The van der Waals surface area contributed by atoms with Crippen LogP contribution in [0.1, 0.15) is 67.4 Å². The van der Waals surface area contributed by atoms with Gasteiger partial charge in [-0.1, -0.05) is 53.7 Å². The fourth-order valence-corrected chi connectivity index (χ4v) is 3.51. The Bertz CT molecular complexity index is 718. The van der Waals surface area contributed by atoms with Crippen molar-refractivity contribution >= 4 is 26.5 Å². The third kappa shape index (κ3) is 7.17. The lowest BCUT2D eigenvalue weighted by molar-refractivity contribution is -0.164. The SMILES string of the molecule is CCC(C)(BCC(C)(BCC(C)(C)C(=O)OC(C)(C)C)C(=O)OC)c1ccncc1. The van der Waals surface area contributed by atoms with Crippen LogP contribution in [0.25, 0.3) is 0 Å². The molecule has 0 fully saturated rings. The van der Waals surface area contributed by atoms with Gasteiger partial charge in [0.05, 0.1) is 12.5 Å². The van der Waals surface area contributed by atoms with E-state index >= 15 is 0 Å². The van der Waals surface area contributed by atoms with Crippen LogP contribution in [-0.4, -0.2) is 44.2 Å². The summed E-state index contributed by atoms with van der Waals surface area (Å²) in [6.07, 6.45) is 5.80. The van der Waals surface area contributed by atoms with Gasteiger partial charge >= 0.3 is 11.9 Å². The fraction of sp³-hybridized carbons (Fsp3) is 0.696. The van der Waals surface area contributed by atoms with Crippen LogP contribution >= 0.6 is 0 Å². The first kappa shape index (κ1) is 26.3. The minimum Gasteiger partial charge on any atom is -0.469 e. The van der Waals surface area contributed by atoms with Gasteiger partial charge in [-0.2, -0.15) is 0 Å². The third-order valence-corrected chi connectivity index (χ3v) is 6.32. The van der Waals surface area contributed by atoms with Gasteiger partial charge in [-0.05, 0) is 43.8 Å². The van der Waals surface area contributed by atoms with Crippen molar-refractivity contribution in [3.8, 4) is 0 Å². The van der Waals surface area contributed by atoms with Crippen LogP contribution in [0.4, 0.5) is 0 Å². The number of esters is 2. The second kappa shape index (κ2) is 10.0. The first-order valence-corrected chi connectivity index (χ1v) is 10.9. The summed E-state index contributed by atoms with van der Waals surface area (Å²) in [5, 5.41) is -0.726. The fourth-order valence-electron chi connectivity index (χ4n) is 3.51. The first-order chi connectivity index (χ1) is 13.7. The van der Waals surface area contributed by atoms with E-state index in [-0.39, 0.29) is 17.3 Å². The van der Waals surface area contributed by atoms with Crippen molar-refractivity contribution in [2.24, 2.45) is 5.41 Å². The Morgan fingerprint density at radius 2 is 1.50 bits per heavy atom. The lowest BCUT2D eigenvalue weighted by Crippen LogP contribution is -2.39. The average Bonchev–Trinajstić information content (AvgIpc) is 2.69. The van der Waals surface area contributed by atoms with Gasteiger partial charge in [-0.3, -0.25) is 14.6 Å². The summed E-state index contributed by atoms with van der Waals surface area (Å²) in [5.41, 5.74) is 0.0103. The van der Waals surface area contributed by atoms with Crippen LogP contribution in [0.15, 0.2) is 24.5 Å². The maximum absolute atomic E-state index is 12.7. The molecule has 5 nitrogen and oxygen atoms in total. The summed E-state index contributed by atoms with van der Waals surface area (Å²) in [5.74, 6) is -0.465. The molecule has 166 valence electrons. The van der Waals surface area contributed by atoms with E-state index in [1.807, 2.05) is 66.1 Å². The highest BCUT2D eigenvalue weighted by molar-refractivity contribution is 6.52. The summed E-state index contributed by atoms with van der Waals surface area (Å²) in [7, 11) is 2.83. The maximum atomic E-state index is 12.7. The van der Waals surface area contributed by atoms with Crippen molar-refractivity contribution in [2.45, 2.75) is 90.7 Å². The van der Waals surface area contributed by atoms with Gasteiger partial charge in [0, 0.05) is 17.7 Å². The number of pyridine rings is 1. The quantitative estimate of drug-likeness (QED) is 0.425. The molecule has 0 saturated heterocycles. The molecule has 2 atom stereocenters. The lowest BCUT2D eigenvalue weighted by Gasteiger charge is -2.35. The average molecular weight is 415 g/mol. The number of carbonyl (C=O) groups excluding carboxylic acids is 2. The molecular formula is C23H39B2NO4. The van der Waals surface area contributed by atoms with Crippen molar-refractivity contribution in [3.63, 3.8) is 0 Å². The van der Waals surface area contributed by atoms with E-state index < -0.39 is 16.3 Å². The molecule has 0 aliphatic carbocycles. The Kier molecular flexibility index (Phi) is 8.77. The van der Waals surface area contributed by atoms with E-state index in [0.717, 1.165) is 13.7 Å². The number of hydrogen-bond donors (Lipinski definition) is 0. The molecule has 0 spiro atoms. The molecule has 30 heavy (non-hydrogen) atoms. The molecule has 1 aromatic rings. The standard InChI is InChI=1S/C23H39B2NO4/c1-10-22(7,17-11-13-26-14-12-17)25-16-23(8,19(28)29-9)24-15-21(5,6)18(27)30-20(2,3)4/h11-14,24-25H,10,15-16H2,1-9H3. The number of rotatable bonds is 10. The summed E-state index contributed by atoms with van der Waals surface area (Å²) in [4.78, 5) is 29.5. The molecular weight excluding hydrogens is 376 g/mol. The van der Waals surface area contributed by atoms with E-state index in [4.69, 9.17) is 9.47 Å². The van der Waals surface area contributed by atoms with Crippen LogP contribution in [0.5, 0.6) is 0 Å². The molecule has 1 aromatic heterocycles. The van der Waals surface area contributed by atoms with Crippen LogP contribution in [0.3, 0.4) is 0 Å². The van der Waals surface area contributed by atoms with E-state index in [0.29, 0.717) is 19.9 Å². The van der Waals surface area contributed by atoms with Crippen molar-refractivity contribution in [3.05, 3.63) is 30.1 Å². The van der Waals surface area contributed by atoms with Gasteiger partial charge in [0.25, 0.3) is 0 Å². The summed E-state index contributed by atoms with van der Waals surface area (Å²) < 4.78 is 10.7. The first-order valence-electron chi connectivity index (χ1n) is 10.9. The van der Waals surface area contributed by atoms with Crippen LogP contribution in [0.2, 0.25) is 18.0 Å². The van der Waals surface area contributed by atoms with Crippen molar-refractivity contribution < 1.29 is 19.1 Å². The number of ether oxygens (including phenoxy) is 2. The molecule has 0 N–H and O–H groups in total. The molecule has 2 unspecified atom stereocenters. The third-order valence-electron chi connectivity index (χ3n) is 6.32. The number of nitrogens with zero attached hydrogens (tertiary/aromatic N) is 1. The van der Waals surface area contributed by atoms with Crippen LogP contribution in [0, 0.1) is 5.41 Å². The maximum Gasteiger partial charge on any atom is 0.311 e. The zero-order chi connectivity index (χ0) is 23.2. The summed E-state index contributed by atoms with van der Waals surface area (Å²) in [6, 6.07) is 4.09. The van der Waals surface area contributed by atoms with Gasteiger partial charge in [-0.25, -0.2) is 0 Å². The second-order valence-electron chi connectivity index (χ2n) is 10.6. The van der Waals surface area contributed by atoms with Crippen molar-refractivity contribution in [2.75, 3.05) is 7.11 Å². The van der Waals surface area contributed by atoms with E-state index in [1.54, 1.807) is 0 Å². The summed E-state index contributed by atoms with van der Waals surface area (Å²) >= 11 is 0. The Hall–Kier alpha value is -1.78. The molecule has 1 heterocycles. The van der Waals surface area contributed by atoms with Gasteiger partial charge in [-0.15, -0.1) is 0 Å². The monoisotopic (exact) mass is 415 g/mol. The van der Waals surface area contributed by atoms with Crippen LogP contribution in [-0.2, 0) is 24.4 Å². The predicted octanol–water partition coefficient (Wildman–Crippen LogP) is 4.14.